The second kappa shape index (κ2) is 8.49. The monoisotopic (exact) mass is 298 g/mol. The molecular formula is C16H27O3P. The van der Waals surface area contributed by atoms with Crippen LogP contribution in [0.1, 0.15) is 57.6 Å². The molecule has 0 heterocycles. The molecule has 1 N–H and O–H groups in total. The van der Waals surface area contributed by atoms with Gasteiger partial charge in [0.15, 0.2) is 0 Å². The molecule has 0 aromatic heterocycles. The van der Waals surface area contributed by atoms with Crippen LogP contribution in [0.15, 0.2) is 18.2 Å². The first kappa shape index (κ1) is 17.3. The number of rotatable bonds is 9. The van der Waals surface area contributed by atoms with Crippen LogP contribution < -0.4 is 4.52 Å². The summed E-state index contributed by atoms with van der Waals surface area (Å²) in [5, 5.41) is 0. The Labute approximate surface area is 122 Å². The Hall–Kier alpha value is -0.790. The highest BCUT2D eigenvalue weighted by Crippen LogP contribution is 2.45. The number of benzene rings is 1. The molecule has 0 bridgehead atoms. The Bertz CT molecular complexity index is 457. The average Bonchev–Trinajstić information content (AvgIpc) is 2.40. The third kappa shape index (κ3) is 5.30. The van der Waals surface area contributed by atoms with E-state index in [4.69, 9.17) is 4.52 Å². The van der Waals surface area contributed by atoms with Gasteiger partial charge >= 0.3 is 7.60 Å². The van der Waals surface area contributed by atoms with E-state index < -0.39 is 7.60 Å². The number of unbranched alkanes of at least 4 members (excludes halogenated alkanes) is 1. The standard InChI is InChI=1S/C16H27O3P/c1-4-7-13-20(17,18)19-16-12-8-11-14(9-5-2)15(16)10-6-3/h8,11-12H,4-7,9-10,13H2,1-3H3,(H,17,18). The highest BCUT2D eigenvalue weighted by atomic mass is 31.2. The Balaban J connectivity index is 2.98. The van der Waals surface area contributed by atoms with E-state index in [1.807, 2.05) is 19.1 Å². The lowest BCUT2D eigenvalue weighted by atomic mass is 9.99. The van der Waals surface area contributed by atoms with Gasteiger partial charge in [0.1, 0.15) is 5.75 Å². The Kier molecular flexibility index (Phi) is 7.32. The van der Waals surface area contributed by atoms with Crippen molar-refractivity contribution in [2.75, 3.05) is 6.16 Å². The minimum Gasteiger partial charge on any atom is -0.424 e. The van der Waals surface area contributed by atoms with E-state index >= 15 is 0 Å². The Morgan fingerprint density at radius 3 is 2.40 bits per heavy atom. The number of hydrogen-bond donors (Lipinski definition) is 1. The molecule has 0 saturated carbocycles. The summed E-state index contributed by atoms with van der Waals surface area (Å²) >= 11 is 0. The molecule has 0 aliphatic rings. The van der Waals surface area contributed by atoms with Crippen molar-refractivity contribution >= 4 is 7.60 Å². The van der Waals surface area contributed by atoms with Crippen molar-refractivity contribution in [2.45, 2.75) is 59.3 Å². The summed E-state index contributed by atoms with van der Waals surface area (Å²) < 4.78 is 17.6. The second-order valence-electron chi connectivity index (χ2n) is 5.20. The molecule has 1 aromatic rings. The highest BCUT2D eigenvalue weighted by molar-refractivity contribution is 7.53. The summed E-state index contributed by atoms with van der Waals surface area (Å²) in [6.07, 6.45) is 5.77. The SMILES string of the molecule is CCCCP(=O)(O)Oc1cccc(CCC)c1CCC. The van der Waals surface area contributed by atoms with Crippen LogP contribution in [0.3, 0.4) is 0 Å². The fourth-order valence-electron chi connectivity index (χ4n) is 2.29. The lowest BCUT2D eigenvalue weighted by molar-refractivity contribution is 0.376. The van der Waals surface area contributed by atoms with Crippen LogP contribution in [0.5, 0.6) is 5.75 Å². The van der Waals surface area contributed by atoms with Crippen LogP contribution in [-0.4, -0.2) is 11.1 Å². The van der Waals surface area contributed by atoms with Gasteiger partial charge in [0.05, 0.1) is 6.16 Å². The summed E-state index contributed by atoms with van der Waals surface area (Å²) in [7, 11) is -3.52. The summed E-state index contributed by atoms with van der Waals surface area (Å²) in [5.74, 6) is 0.597. The number of hydrogen-bond acceptors (Lipinski definition) is 2. The van der Waals surface area contributed by atoms with Gasteiger partial charge in [-0.25, -0.2) is 4.57 Å². The van der Waals surface area contributed by atoms with Gasteiger partial charge in [0.25, 0.3) is 0 Å². The molecule has 0 spiro atoms. The number of aryl methyl sites for hydroxylation is 1. The molecule has 20 heavy (non-hydrogen) atoms. The minimum absolute atomic E-state index is 0.229. The van der Waals surface area contributed by atoms with E-state index in [1.54, 1.807) is 0 Å². The Morgan fingerprint density at radius 2 is 1.80 bits per heavy atom. The summed E-state index contributed by atoms with van der Waals surface area (Å²) in [6, 6.07) is 5.83. The van der Waals surface area contributed by atoms with Crippen molar-refractivity contribution in [3.05, 3.63) is 29.3 Å². The average molecular weight is 298 g/mol. The lowest BCUT2D eigenvalue weighted by Gasteiger charge is -2.18. The van der Waals surface area contributed by atoms with Crippen LogP contribution in [-0.2, 0) is 17.4 Å². The van der Waals surface area contributed by atoms with E-state index in [1.165, 1.54) is 5.56 Å². The lowest BCUT2D eigenvalue weighted by Crippen LogP contribution is -2.02. The van der Waals surface area contributed by atoms with Gasteiger partial charge in [-0.05, 0) is 36.5 Å². The maximum atomic E-state index is 12.1. The normalized spacial score (nSPS) is 14.0. The maximum absolute atomic E-state index is 12.1. The van der Waals surface area contributed by atoms with E-state index in [9.17, 15) is 9.46 Å². The van der Waals surface area contributed by atoms with Gasteiger partial charge in [-0.2, -0.15) is 0 Å². The minimum atomic E-state index is -3.52. The molecule has 1 atom stereocenters. The first-order chi connectivity index (χ1) is 9.54. The topological polar surface area (TPSA) is 46.5 Å². The summed E-state index contributed by atoms with van der Waals surface area (Å²) in [4.78, 5) is 9.95. The van der Waals surface area contributed by atoms with Crippen LogP contribution in [0.25, 0.3) is 0 Å². The van der Waals surface area contributed by atoms with Gasteiger partial charge in [0.2, 0.25) is 0 Å². The van der Waals surface area contributed by atoms with E-state index in [-0.39, 0.29) is 6.16 Å². The van der Waals surface area contributed by atoms with E-state index in [2.05, 4.69) is 19.9 Å². The zero-order chi connectivity index (χ0) is 15.0. The third-order valence-electron chi connectivity index (χ3n) is 3.28. The predicted molar refractivity (Wildman–Crippen MR) is 84.7 cm³/mol. The molecule has 0 amide bonds. The fourth-order valence-corrected chi connectivity index (χ4v) is 3.58. The van der Waals surface area contributed by atoms with Crippen molar-refractivity contribution in [1.29, 1.82) is 0 Å². The molecule has 0 radical (unpaired) electrons. The zero-order valence-corrected chi connectivity index (χ0v) is 13.8. The van der Waals surface area contributed by atoms with Crippen molar-refractivity contribution in [3.63, 3.8) is 0 Å². The zero-order valence-electron chi connectivity index (χ0n) is 12.9. The maximum Gasteiger partial charge on any atom is 0.376 e. The summed E-state index contributed by atoms with van der Waals surface area (Å²) in [6.45, 7) is 6.26. The molecule has 1 aromatic carbocycles. The molecule has 3 nitrogen and oxygen atoms in total. The van der Waals surface area contributed by atoms with E-state index in [0.29, 0.717) is 12.2 Å². The van der Waals surface area contributed by atoms with Gasteiger partial charge in [-0.3, -0.25) is 0 Å². The smallest absolute Gasteiger partial charge is 0.376 e. The molecule has 1 unspecified atom stereocenters. The summed E-state index contributed by atoms with van der Waals surface area (Å²) in [5.41, 5.74) is 2.34. The van der Waals surface area contributed by atoms with Crippen LogP contribution in [0.2, 0.25) is 0 Å². The van der Waals surface area contributed by atoms with Gasteiger partial charge in [0, 0.05) is 0 Å². The van der Waals surface area contributed by atoms with Gasteiger partial charge in [-0.1, -0.05) is 52.2 Å². The molecule has 114 valence electrons. The van der Waals surface area contributed by atoms with Crippen LogP contribution in [0.4, 0.5) is 0 Å². The van der Waals surface area contributed by atoms with Crippen molar-refractivity contribution in [3.8, 4) is 5.75 Å². The Morgan fingerprint density at radius 1 is 1.10 bits per heavy atom. The van der Waals surface area contributed by atoms with Crippen molar-refractivity contribution in [1.82, 2.24) is 0 Å². The quantitative estimate of drug-likeness (QED) is 0.656. The largest absolute Gasteiger partial charge is 0.424 e. The molecule has 0 fully saturated rings. The molecule has 0 saturated heterocycles. The molecule has 4 heteroatoms. The fraction of sp³-hybridized carbons (Fsp3) is 0.625. The molecule has 0 aliphatic heterocycles. The second-order valence-corrected chi connectivity index (χ2v) is 7.10. The van der Waals surface area contributed by atoms with Crippen molar-refractivity contribution in [2.24, 2.45) is 0 Å². The third-order valence-corrected chi connectivity index (χ3v) is 4.65. The molecular weight excluding hydrogens is 271 g/mol. The first-order valence-corrected chi connectivity index (χ1v) is 9.42. The van der Waals surface area contributed by atoms with Crippen LogP contribution >= 0.6 is 7.60 Å². The van der Waals surface area contributed by atoms with Gasteiger partial charge < -0.3 is 9.42 Å². The van der Waals surface area contributed by atoms with Crippen LogP contribution in [0, 0.1) is 0 Å². The van der Waals surface area contributed by atoms with Crippen molar-refractivity contribution < 1.29 is 14.0 Å². The molecule has 0 aliphatic carbocycles. The van der Waals surface area contributed by atoms with E-state index in [0.717, 1.165) is 37.7 Å². The predicted octanol–water partition coefficient (Wildman–Crippen LogP) is 4.96. The van der Waals surface area contributed by atoms with Gasteiger partial charge in [-0.15, -0.1) is 0 Å². The first-order valence-electron chi connectivity index (χ1n) is 7.66. The highest BCUT2D eigenvalue weighted by Gasteiger charge is 2.22. The molecule has 1 rings (SSSR count).